The van der Waals surface area contributed by atoms with E-state index >= 15 is 0 Å². The maximum atomic E-state index is 2.53. The van der Waals surface area contributed by atoms with Crippen LogP contribution in [-0.2, 0) is 0 Å². The molecule has 0 aromatic rings. The predicted molar refractivity (Wildman–Crippen MR) is 66.8 cm³/mol. The van der Waals surface area contributed by atoms with Gasteiger partial charge < -0.3 is 0 Å². The molecule has 88 valence electrons. The van der Waals surface area contributed by atoms with Crippen LogP contribution in [0.15, 0.2) is 0 Å². The second-order valence-electron chi connectivity index (χ2n) is 6.74. The van der Waals surface area contributed by atoms with Gasteiger partial charge in [-0.15, -0.1) is 0 Å². The van der Waals surface area contributed by atoms with Gasteiger partial charge in [0.25, 0.3) is 0 Å². The average molecular weight is 208 g/mol. The number of hydrogen-bond acceptors (Lipinski definition) is 0. The first kappa shape index (κ1) is 11.5. The molecule has 15 heavy (non-hydrogen) atoms. The molecule has 2 aliphatic carbocycles. The number of rotatable bonds is 1. The summed E-state index contributed by atoms with van der Waals surface area (Å²) < 4.78 is 0. The minimum Gasteiger partial charge on any atom is -0.0625 e. The molecular weight excluding hydrogens is 180 g/mol. The smallest absolute Gasteiger partial charge is 0.0241 e. The van der Waals surface area contributed by atoms with Crippen LogP contribution in [0.25, 0.3) is 0 Å². The summed E-state index contributed by atoms with van der Waals surface area (Å²) in [4.78, 5) is 0. The quantitative estimate of drug-likeness (QED) is 0.576. The molecule has 0 heteroatoms. The van der Waals surface area contributed by atoms with Crippen molar-refractivity contribution in [3.8, 4) is 0 Å². The molecule has 2 atom stereocenters. The summed E-state index contributed by atoms with van der Waals surface area (Å²) >= 11 is 0. The maximum absolute atomic E-state index is 2.53. The Kier molecular flexibility index (Phi) is 3.14. The fourth-order valence-electron chi connectivity index (χ4n) is 4.53. The van der Waals surface area contributed by atoms with Gasteiger partial charge in [0.1, 0.15) is 0 Å². The van der Waals surface area contributed by atoms with Crippen molar-refractivity contribution in [2.24, 2.45) is 29.1 Å². The molecular formula is C15H28. The highest BCUT2D eigenvalue weighted by molar-refractivity contribution is 4.99. The summed E-state index contributed by atoms with van der Waals surface area (Å²) in [7, 11) is 0. The van der Waals surface area contributed by atoms with Gasteiger partial charge in [0.05, 0.1) is 0 Å². The van der Waals surface area contributed by atoms with E-state index in [1.54, 1.807) is 0 Å². The van der Waals surface area contributed by atoms with Gasteiger partial charge in [-0.2, -0.15) is 0 Å². The van der Waals surface area contributed by atoms with E-state index in [9.17, 15) is 0 Å². The largest absolute Gasteiger partial charge is 0.0625 e. The van der Waals surface area contributed by atoms with E-state index in [0.29, 0.717) is 0 Å². The van der Waals surface area contributed by atoms with Crippen LogP contribution in [0.2, 0.25) is 0 Å². The molecule has 0 heterocycles. The molecule has 0 nitrogen and oxygen atoms in total. The Morgan fingerprint density at radius 2 is 1.53 bits per heavy atom. The summed E-state index contributed by atoms with van der Waals surface area (Å²) in [6, 6.07) is 0. The summed E-state index contributed by atoms with van der Waals surface area (Å²) in [5, 5.41) is 0. The van der Waals surface area contributed by atoms with Crippen LogP contribution in [0.3, 0.4) is 0 Å². The fourth-order valence-corrected chi connectivity index (χ4v) is 4.53. The third-order valence-electron chi connectivity index (χ3n) is 5.64. The third-order valence-corrected chi connectivity index (χ3v) is 5.64. The van der Waals surface area contributed by atoms with E-state index < -0.39 is 0 Å². The molecule has 0 aliphatic heterocycles. The normalized spacial score (nSPS) is 46.6. The van der Waals surface area contributed by atoms with Gasteiger partial charge in [0.2, 0.25) is 0 Å². The van der Waals surface area contributed by atoms with Crippen molar-refractivity contribution in [1.82, 2.24) is 0 Å². The van der Waals surface area contributed by atoms with E-state index in [1.807, 2.05) is 0 Å². The Bertz CT molecular complexity index is 208. The Balaban J connectivity index is 2.15. The lowest BCUT2D eigenvalue weighted by molar-refractivity contribution is 0.0404. The topological polar surface area (TPSA) is 0 Å². The third kappa shape index (κ3) is 1.85. The first-order valence-electron chi connectivity index (χ1n) is 7.06. The predicted octanol–water partition coefficient (Wildman–Crippen LogP) is 4.89. The second-order valence-corrected chi connectivity index (χ2v) is 6.74. The molecule has 2 saturated carbocycles. The van der Waals surface area contributed by atoms with Crippen LogP contribution in [0.4, 0.5) is 0 Å². The lowest BCUT2D eigenvalue weighted by Gasteiger charge is -2.46. The van der Waals surface area contributed by atoms with Gasteiger partial charge in [-0.3, -0.25) is 0 Å². The Morgan fingerprint density at radius 1 is 0.933 bits per heavy atom. The summed E-state index contributed by atoms with van der Waals surface area (Å²) in [6.07, 6.45) is 9.04. The van der Waals surface area contributed by atoms with Crippen LogP contribution in [0.1, 0.15) is 66.2 Å². The highest BCUT2D eigenvalue weighted by Crippen LogP contribution is 2.58. The van der Waals surface area contributed by atoms with Crippen LogP contribution in [-0.4, -0.2) is 0 Å². The summed E-state index contributed by atoms with van der Waals surface area (Å²) in [5.74, 6) is 3.93. The van der Waals surface area contributed by atoms with E-state index in [1.165, 1.54) is 38.5 Å². The standard InChI is InChI=1S/C15H28/c1-11(2)14-6-5-13(4)15(14)9-7-12(3)8-10-15/h11-14H,5-10H2,1-4H3. The Hall–Kier alpha value is 0. The first-order valence-corrected chi connectivity index (χ1v) is 7.06. The lowest BCUT2D eigenvalue weighted by Crippen LogP contribution is -2.37. The zero-order chi connectivity index (χ0) is 11.1. The van der Waals surface area contributed by atoms with Crippen molar-refractivity contribution >= 4 is 0 Å². The molecule has 1 spiro atoms. The van der Waals surface area contributed by atoms with Crippen molar-refractivity contribution in [2.45, 2.75) is 66.2 Å². The van der Waals surface area contributed by atoms with Gasteiger partial charge in [0.15, 0.2) is 0 Å². The van der Waals surface area contributed by atoms with E-state index in [2.05, 4.69) is 27.7 Å². The molecule has 0 saturated heterocycles. The molecule has 2 unspecified atom stereocenters. The van der Waals surface area contributed by atoms with Crippen molar-refractivity contribution in [3.63, 3.8) is 0 Å². The average Bonchev–Trinajstić information content (AvgIpc) is 2.50. The molecule has 0 N–H and O–H groups in total. The molecule has 2 fully saturated rings. The van der Waals surface area contributed by atoms with Gasteiger partial charge in [-0.25, -0.2) is 0 Å². The molecule has 2 aliphatic rings. The van der Waals surface area contributed by atoms with Crippen LogP contribution >= 0.6 is 0 Å². The monoisotopic (exact) mass is 208 g/mol. The summed E-state index contributed by atoms with van der Waals surface area (Å²) in [5.41, 5.74) is 0.751. The molecule has 0 aromatic heterocycles. The van der Waals surface area contributed by atoms with Gasteiger partial charge in [-0.1, -0.05) is 40.5 Å². The van der Waals surface area contributed by atoms with E-state index in [-0.39, 0.29) is 0 Å². The molecule has 0 amide bonds. The summed E-state index contributed by atoms with van der Waals surface area (Å²) in [6.45, 7) is 9.86. The van der Waals surface area contributed by atoms with Crippen molar-refractivity contribution in [1.29, 1.82) is 0 Å². The van der Waals surface area contributed by atoms with Crippen molar-refractivity contribution in [2.75, 3.05) is 0 Å². The van der Waals surface area contributed by atoms with Crippen molar-refractivity contribution < 1.29 is 0 Å². The minimum absolute atomic E-state index is 0.751. The zero-order valence-electron chi connectivity index (χ0n) is 11.1. The fraction of sp³-hybridized carbons (Fsp3) is 1.00. The molecule has 0 radical (unpaired) electrons. The Labute approximate surface area is 95.8 Å². The Morgan fingerprint density at radius 3 is 2.07 bits per heavy atom. The van der Waals surface area contributed by atoms with Crippen molar-refractivity contribution in [3.05, 3.63) is 0 Å². The SMILES string of the molecule is CC1CCC2(CC1)C(C)CCC2C(C)C. The highest BCUT2D eigenvalue weighted by atomic mass is 14.5. The van der Waals surface area contributed by atoms with Gasteiger partial charge in [0, 0.05) is 0 Å². The van der Waals surface area contributed by atoms with E-state index in [0.717, 1.165) is 29.1 Å². The molecule has 2 rings (SSSR count). The lowest BCUT2D eigenvalue weighted by atomic mass is 9.59. The number of hydrogen-bond donors (Lipinski definition) is 0. The van der Waals surface area contributed by atoms with Gasteiger partial charge >= 0.3 is 0 Å². The zero-order valence-corrected chi connectivity index (χ0v) is 11.1. The van der Waals surface area contributed by atoms with Crippen LogP contribution < -0.4 is 0 Å². The highest BCUT2D eigenvalue weighted by Gasteiger charge is 2.49. The maximum Gasteiger partial charge on any atom is -0.0241 e. The minimum atomic E-state index is 0.751. The van der Waals surface area contributed by atoms with E-state index in [4.69, 9.17) is 0 Å². The van der Waals surface area contributed by atoms with Gasteiger partial charge in [-0.05, 0) is 54.8 Å². The second kappa shape index (κ2) is 4.11. The van der Waals surface area contributed by atoms with Crippen LogP contribution in [0, 0.1) is 29.1 Å². The molecule has 0 bridgehead atoms. The first-order chi connectivity index (χ1) is 7.06. The molecule has 0 aromatic carbocycles. The van der Waals surface area contributed by atoms with Crippen LogP contribution in [0.5, 0.6) is 0 Å².